The van der Waals surface area contributed by atoms with Crippen molar-refractivity contribution < 1.29 is 4.79 Å². The Morgan fingerprint density at radius 1 is 1.07 bits per heavy atom. The van der Waals surface area contributed by atoms with Crippen LogP contribution in [0.15, 0.2) is 66.1 Å². The number of aromatic nitrogens is 3. The third kappa shape index (κ3) is 4.81. The van der Waals surface area contributed by atoms with Gasteiger partial charge in [-0.25, -0.2) is 0 Å². The maximum Gasteiger partial charge on any atom is 0.233 e. The zero-order valence-corrected chi connectivity index (χ0v) is 17.6. The molecule has 0 bridgehead atoms. The van der Waals surface area contributed by atoms with Crippen LogP contribution in [-0.4, -0.2) is 36.9 Å². The fraction of sp³-hybridized carbons (Fsp3) is 0.318. The van der Waals surface area contributed by atoms with Gasteiger partial charge in [-0.3, -0.25) is 9.36 Å². The lowest BCUT2D eigenvalue weighted by Gasteiger charge is -2.36. The van der Waals surface area contributed by atoms with Gasteiger partial charge in [0.1, 0.15) is 6.33 Å². The van der Waals surface area contributed by atoms with Gasteiger partial charge in [-0.2, -0.15) is 0 Å². The summed E-state index contributed by atoms with van der Waals surface area (Å²) in [4.78, 5) is 15.0. The summed E-state index contributed by atoms with van der Waals surface area (Å²) in [5.41, 5.74) is 3.02. The average Bonchev–Trinajstić information content (AvgIpc) is 3.13. The van der Waals surface area contributed by atoms with E-state index in [0.29, 0.717) is 12.3 Å². The van der Waals surface area contributed by atoms with E-state index in [1.807, 2.05) is 58.0 Å². The van der Waals surface area contributed by atoms with E-state index < -0.39 is 0 Å². The van der Waals surface area contributed by atoms with E-state index in [0.717, 1.165) is 22.0 Å². The Labute approximate surface area is 170 Å². The van der Waals surface area contributed by atoms with Crippen molar-refractivity contribution in [3.05, 3.63) is 72.1 Å². The lowest BCUT2D eigenvalue weighted by molar-refractivity contribution is -0.133. The fourth-order valence-corrected chi connectivity index (χ4v) is 3.79. The highest BCUT2D eigenvalue weighted by Gasteiger charge is 2.27. The van der Waals surface area contributed by atoms with Gasteiger partial charge >= 0.3 is 0 Å². The number of amides is 1. The van der Waals surface area contributed by atoms with E-state index in [4.69, 9.17) is 0 Å². The molecule has 1 aromatic heterocycles. The standard InChI is InChI=1S/C22H26N4OS/c1-17-10-8-9-13-19(17)25-16-23-24-21(25)28-15-20(27)26(22(2,3)4)14-18-11-6-5-7-12-18/h5-13,16H,14-15H2,1-4H3. The van der Waals surface area contributed by atoms with Crippen molar-refractivity contribution in [2.75, 3.05) is 5.75 Å². The first-order valence-corrected chi connectivity index (χ1v) is 10.3. The summed E-state index contributed by atoms with van der Waals surface area (Å²) in [6.07, 6.45) is 1.70. The number of hydrogen-bond acceptors (Lipinski definition) is 4. The van der Waals surface area contributed by atoms with Gasteiger partial charge in [-0.1, -0.05) is 60.3 Å². The van der Waals surface area contributed by atoms with Crippen LogP contribution in [0.1, 0.15) is 31.9 Å². The number of carbonyl (C=O) groups is 1. The molecule has 1 amide bonds. The second kappa shape index (κ2) is 8.61. The fourth-order valence-electron chi connectivity index (χ4n) is 2.99. The third-order valence-electron chi connectivity index (χ3n) is 4.51. The molecule has 146 valence electrons. The summed E-state index contributed by atoms with van der Waals surface area (Å²) < 4.78 is 1.94. The molecule has 3 rings (SSSR count). The van der Waals surface area contributed by atoms with E-state index >= 15 is 0 Å². The molecule has 0 spiro atoms. The number of aryl methyl sites for hydroxylation is 1. The predicted octanol–water partition coefficient (Wildman–Crippen LogP) is 4.50. The number of rotatable bonds is 6. The minimum absolute atomic E-state index is 0.0840. The highest BCUT2D eigenvalue weighted by Crippen LogP contribution is 2.24. The molecule has 1 heterocycles. The van der Waals surface area contributed by atoms with E-state index in [1.165, 1.54) is 11.8 Å². The SMILES string of the molecule is Cc1ccccc1-n1cnnc1SCC(=O)N(Cc1ccccc1)C(C)(C)C. The van der Waals surface area contributed by atoms with E-state index in [9.17, 15) is 4.79 Å². The summed E-state index contributed by atoms with van der Waals surface area (Å²) in [6, 6.07) is 18.2. The molecule has 0 radical (unpaired) electrons. The van der Waals surface area contributed by atoms with Crippen molar-refractivity contribution >= 4 is 17.7 Å². The number of nitrogens with zero attached hydrogens (tertiary/aromatic N) is 4. The molecule has 5 nitrogen and oxygen atoms in total. The normalized spacial score (nSPS) is 11.4. The van der Waals surface area contributed by atoms with Crippen LogP contribution in [0.5, 0.6) is 0 Å². The monoisotopic (exact) mass is 394 g/mol. The summed E-state index contributed by atoms with van der Waals surface area (Å²) in [5, 5.41) is 8.98. The molecule has 2 aromatic carbocycles. The topological polar surface area (TPSA) is 51.0 Å². The molecule has 0 saturated carbocycles. The average molecular weight is 395 g/mol. The van der Waals surface area contributed by atoms with Crippen LogP contribution in [-0.2, 0) is 11.3 Å². The molecule has 0 N–H and O–H groups in total. The summed E-state index contributed by atoms with van der Waals surface area (Å²) >= 11 is 1.42. The van der Waals surface area contributed by atoms with Crippen LogP contribution >= 0.6 is 11.8 Å². The molecule has 6 heteroatoms. The van der Waals surface area contributed by atoms with E-state index in [1.54, 1.807) is 6.33 Å². The van der Waals surface area contributed by atoms with Crippen molar-refractivity contribution in [1.29, 1.82) is 0 Å². The Bertz CT molecular complexity index is 931. The lowest BCUT2D eigenvalue weighted by atomic mass is 10.0. The molecular weight excluding hydrogens is 368 g/mol. The number of para-hydroxylation sites is 1. The maximum absolute atomic E-state index is 13.1. The van der Waals surface area contributed by atoms with Crippen LogP contribution < -0.4 is 0 Å². The van der Waals surface area contributed by atoms with Gasteiger partial charge < -0.3 is 4.90 Å². The molecule has 0 aliphatic rings. The molecular formula is C22H26N4OS. The zero-order chi connectivity index (χ0) is 20.1. The Hall–Kier alpha value is -2.60. The first-order valence-electron chi connectivity index (χ1n) is 9.29. The Morgan fingerprint density at radius 2 is 1.75 bits per heavy atom. The Balaban J connectivity index is 1.74. The van der Waals surface area contributed by atoms with Crippen LogP contribution in [0.4, 0.5) is 0 Å². The van der Waals surface area contributed by atoms with Crippen LogP contribution in [0.3, 0.4) is 0 Å². The predicted molar refractivity (Wildman–Crippen MR) is 114 cm³/mol. The molecule has 0 saturated heterocycles. The second-order valence-electron chi connectivity index (χ2n) is 7.69. The van der Waals surface area contributed by atoms with Gasteiger partial charge in [0.15, 0.2) is 5.16 Å². The molecule has 0 aliphatic carbocycles. The number of carbonyl (C=O) groups excluding carboxylic acids is 1. The van der Waals surface area contributed by atoms with E-state index in [2.05, 4.69) is 44.0 Å². The van der Waals surface area contributed by atoms with Gasteiger partial charge in [0, 0.05) is 12.1 Å². The molecule has 0 unspecified atom stereocenters. The largest absolute Gasteiger partial charge is 0.333 e. The molecule has 0 aliphatic heterocycles. The smallest absolute Gasteiger partial charge is 0.233 e. The van der Waals surface area contributed by atoms with Gasteiger partial charge in [0.2, 0.25) is 5.91 Å². The first-order chi connectivity index (χ1) is 13.4. The molecule has 0 fully saturated rings. The lowest BCUT2D eigenvalue weighted by Crippen LogP contribution is -2.45. The Morgan fingerprint density at radius 3 is 2.43 bits per heavy atom. The molecule has 0 atom stereocenters. The van der Waals surface area contributed by atoms with Crippen molar-refractivity contribution in [3.63, 3.8) is 0 Å². The maximum atomic E-state index is 13.1. The van der Waals surface area contributed by atoms with Crippen LogP contribution in [0.25, 0.3) is 5.69 Å². The molecule has 3 aromatic rings. The van der Waals surface area contributed by atoms with E-state index in [-0.39, 0.29) is 11.4 Å². The van der Waals surface area contributed by atoms with Gasteiger partial charge in [-0.05, 0) is 44.9 Å². The molecule has 28 heavy (non-hydrogen) atoms. The van der Waals surface area contributed by atoms with Gasteiger partial charge in [0.05, 0.1) is 11.4 Å². The van der Waals surface area contributed by atoms with Gasteiger partial charge in [0.25, 0.3) is 0 Å². The summed E-state index contributed by atoms with van der Waals surface area (Å²) in [5.74, 6) is 0.398. The minimum Gasteiger partial charge on any atom is -0.333 e. The first kappa shape index (κ1) is 20.1. The minimum atomic E-state index is -0.267. The number of hydrogen-bond donors (Lipinski definition) is 0. The highest BCUT2D eigenvalue weighted by molar-refractivity contribution is 7.99. The Kier molecular flexibility index (Phi) is 6.19. The quantitative estimate of drug-likeness (QED) is 0.578. The second-order valence-corrected chi connectivity index (χ2v) is 8.64. The van der Waals surface area contributed by atoms with Gasteiger partial charge in [-0.15, -0.1) is 10.2 Å². The highest BCUT2D eigenvalue weighted by atomic mass is 32.2. The van der Waals surface area contributed by atoms with Crippen LogP contribution in [0, 0.1) is 6.92 Å². The number of thioether (sulfide) groups is 1. The zero-order valence-electron chi connectivity index (χ0n) is 16.8. The van der Waals surface area contributed by atoms with Crippen molar-refractivity contribution in [2.24, 2.45) is 0 Å². The summed E-state index contributed by atoms with van der Waals surface area (Å²) in [6.45, 7) is 8.83. The van der Waals surface area contributed by atoms with Crippen molar-refractivity contribution in [1.82, 2.24) is 19.7 Å². The third-order valence-corrected chi connectivity index (χ3v) is 5.44. The van der Waals surface area contributed by atoms with Crippen molar-refractivity contribution in [3.8, 4) is 5.69 Å². The van der Waals surface area contributed by atoms with Crippen molar-refractivity contribution in [2.45, 2.75) is 44.9 Å². The van der Waals surface area contributed by atoms with Crippen LogP contribution in [0.2, 0.25) is 0 Å². The number of benzene rings is 2. The summed E-state index contributed by atoms with van der Waals surface area (Å²) in [7, 11) is 0.